The molecule has 3 rings (SSSR count). The van der Waals surface area contributed by atoms with Gasteiger partial charge in [0, 0.05) is 10.8 Å². The Balaban J connectivity index is 1.64. The van der Waals surface area contributed by atoms with Crippen LogP contribution in [-0.4, -0.2) is 36.1 Å². The minimum Gasteiger partial charge on any atom is -0.467 e. The van der Waals surface area contributed by atoms with Crippen molar-refractivity contribution in [2.45, 2.75) is 62.9 Å². The maximum absolute atomic E-state index is 12.3. The highest BCUT2D eigenvalue weighted by atomic mass is 32.1. The monoisotopic (exact) mass is 351 g/mol. The SMILES string of the molecule is COC(=O)C(CC1CCCc2scnc21)NC(=O)[C@@H](N)CC1CC1. The van der Waals surface area contributed by atoms with Gasteiger partial charge in [0.15, 0.2) is 0 Å². The van der Waals surface area contributed by atoms with Gasteiger partial charge in [0.25, 0.3) is 0 Å². The zero-order valence-electron chi connectivity index (χ0n) is 14.0. The van der Waals surface area contributed by atoms with Crippen LogP contribution in [0.4, 0.5) is 0 Å². The van der Waals surface area contributed by atoms with Gasteiger partial charge in [0.2, 0.25) is 5.91 Å². The number of esters is 1. The van der Waals surface area contributed by atoms with Crippen molar-refractivity contribution < 1.29 is 14.3 Å². The Labute approximate surface area is 146 Å². The van der Waals surface area contributed by atoms with Crippen molar-refractivity contribution in [1.29, 1.82) is 0 Å². The number of thiazole rings is 1. The lowest BCUT2D eigenvalue weighted by Crippen LogP contribution is -2.49. The standard InChI is InChI=1S/C17H25N3O3S/c1-23-17(22)13(20-16(21)12(18)7-10-5-6-10)8-11-3-2-4-14-15(11)19-9-24-14/h9-13H,2-8,18H2,1H3,(H,20,21)/t11?,12-,13?/m0/s1. The van der Waals surface area contributed by atoms with Crippen LogP contribution < -0.4 is 11.1 Å². The number of ether oxygens (including phenoxy) is 1. The van der Waals surface area contributed by atoms with Crippen LogP contribution in [0.2, 0.25) is 0 Å². The highest BCUT2D eigenvalue weighted by molar-refractivity contribution is 7.09. The van der Waals surface area contributed by atoms with E-state index < -0.39 is 18.1 Å². The van der Waals surface area contributed by atoms with Gasteiger partial charge >= 0.3 is 5.97 Å². The third-order valence-corrected chi connectivity index (χ3v) is 5.87. The van der Waals surface area contributed by atoms with E-state index in [1.54, 1.807) is 11.3 Å². The van der Waals surface area contributed by atoms with Gasteiger partial charge in [0.1, 0.15) is 6.04 Å². The van der Waals surface area contributed by atoms with E-state index >= 15 is 0 Å². The number of nitrogens with zero attached hydrogens (tertiary/aromatic N) is 1. The summed E-state index contributed by atoms with van der Waals surface area (Å²) in [5, 5.41) is 2.81. The van der Waals surface area contributed by atoms with E-state index in [-0.39, 0.29) is 11.8 Å². The average Bonchev–Trinajstić information content (AvgIpc) is 3.25. The predicted molar refractivity (Wildman–Crippen MR) is 91.7 cm³/mol. The van der Waals surface area contributed by atoms with Crippen molar-refractivity contribution in [2.24, 2.45) is 11.7 Å². The lowest BCUT2D eigenvalue weighted by Gasteiger charge is -2.26. The maximum Gasteiger partial charge on any atom is 0.328 e. The summed E-state index contributed by atoms with van der Waals surface area (Å²) >= 11 is 1.67. The average molecular weight is 351 g/mol. The molecule has 1 amide bonds. The van der Waals surface area contributed by atoms with Crippen LogP contribution in [0.5, 0.6) is 0 Å². The van der Waals surface area contributed by atoms with Crippen LogP contribution in [0.25, 0.3) is 0 Å². The molecule has 132 valence electrons. The molecule has 3 atom stereocenters. The van der Waals surface area contributed by atoms with Crippen LogP contribution in [0.1, 0.15) is 55.0 Å². The highest BCUT2D eigenvalue weighted by Gasteiger charge is 2.33. The van der Waals surface area contributed by atoms with E-state index in [0.29, 0.717) is 18.8 Å². The van der Waals surface area contributed by atoms with E-state index in [1.807, 2.05) is 5.51 Å². The quantitative estimate of drug-likeness (QED) is 0.730. The summed E-state index contributed by atoms with van der Waals surface area (Å²) < 4.78 is 4.89. The second kappa shape index (κ2) is 7.61. The van der Waals surface area contributed by atoms with Crippen molar-refractivity contribution >= 4 is 23.2 Å². The lowest BCUT2D eigenvalue weighted by atomic mass is 9.86. The Kier molecular flexibility index (Phi) is 5.50. The van der Waals surface area contributed by atoms with Gasteiger partial charge in [0.05, 0.1) is 24.4 Å². The summed E-state index contributed by atoms with van der Waals surface area (Å²) in [5.41, 5.74) is 8.91. The van der Waals surface area contributed by atoms with Gasteiger partial charge in [-0.15, -0.1) is 11.3 Å². The van der Waals surface area contributed by atoms with Crippen molar-refractivity contribution in [3.8, 4) is 0 Å². The Morgan fingerprint density at radius 1 is 1.42 bits per heavy atom. The van der Waals surface area contributed by atoms with Crippen molar-refractivity contribution in [1.82, 2.24) is 10.3 Å². The highest BCUT2D eigenvalue weighted by Crippen LogP contribution is 2.36. The summed E-state index contributed by atoms with van der Waals surface area (Å²) in [4.78, 5) is 30.2. The summed E-state index contributed by atoms with van der Waals surface area (Å²) in [5.74, 6) is 0.0817. The topological polar surface area (TPSA) is 94.3 Å². The zero-order chi connectivity index (χ0) is 17.1. The molecule has 0 aromatic carbocycles. The van der Waals surface area contributed by atoms with Gasteiger partial charge in [-0.05, 0) is 38.0 Å². The molecule has 1 fully saturated rings. The van der Waals surface area contributed by atoms with E-state index in [2.05, 4.69) is 10.3 Å². The molecule has 2 unspecified atom stereocenters. The smallest absolute Gasteiger partial charge is 0.328 e. The second-order valence-corrected chi connectivity index (χ2v) is 7.79. The van der Waals surface area contributed by atoms with Gasteiger partial charge in [-0.25, -0.2) is 9.78 Å². The number of nitrogens with two attached hydrogens (primary N) is 1. The number of aryl methyl sites for hydroxylation is 1. The number of aromatic nitrogens is 1. The van der Waals surface area contributed by atoms with Crippen LogP contribution in [-0.2, 0) is 20.7 Å². The zero-order valence-corrected chi connectivity index (χ0v) is 14.8. The van der Waals surface area contributed by atoms with E-state index in [9.17, 15) is 9.59 Å². The number of carbonyl (C=O) groups is 2. The number of hydrogen-bond donors (Lipinski definition) is 2. The molecule has 0 saturated heterocycles. The maximum atomic E-state index is 12.3. The Morgan fingerprint density at radius 2 is 2.21 bits per heavy atom. The molecule has 1 aromatic rings. The summed E-state index contributed by atoms with van der Waals surface area (Å²) in [6.07, 6.45) is 6.63. The van der Waals surface area contributed by atoms with Gasteiger partial charge in [-0.2, -0.15) is 0 Å². The van der Waals surface area contributed by atoms with Crippen LogP contribution in [0.3, 0.4) is 0 Å². The Bertz CT molecular complexity index is 600. The fraction of sp³-hybridized carbons (Fsp3) is 0.706. The molecule has 2 aliphatic rings. The molecule has 3 N–H and O–H groups in total. The second-order valence-electron chi connectivity index (χ2n) is 6.86. The molecule has 0 spiro atoms. The van der Waals surface area contributed by atoms with E-state index in [0.717, 1.165) is 37.8 Å². The van der Waals surface area contributed by atoms with Crippen molar-refractivity contribution in [3.05, 3.63) is 16.1 Å². The molecule has 1 saturated carbocycles. The van der Waals surface area contributed by atoms with Crippen molar-refractivity contribution in [2.75, 3.05) is 7.11 Å². The molecule has 1 heterocycles. The van der Waals surface area contributed by atoms with Gasteiger partial charge in [-0.3, -0.25) is 4.79 Å². The largest absolute Gasteiger partial charge is 0.467 e. The normalized spacial score (nSPS) is 22.3. The Morgan fingerprint density at radius 3 is 2.92 bits per heavy atom. The molecule has 6 nitrogen and oxygen atoms in total. The molecule has 24 heavy (non-hydrogen) atoms. The third-order valence-electron chi connectivity index (χ3n) is 4.96. The molecular formula is C17H25N3O3S. The lowest BCUT2D eigenvalue weighted by molar-refractivity contribution is -0.145. The first-order chi connectivity index (χ1) is 11.6. The fourth-order valence-electron chi connectivity index (χ4n) is 3.41. The molecular weight excluding hydrogens is 326 g/mol. The molecule has 0 aliphatic heterocycles. The minimum atomic E-state index is -0.662. The van der Waals surface area contributed by atoms with Gasteiger partial charge in [-0.1, -0.05) is 12.8 Å². The minimum absolute atomic E-state index is 0.184. The summed E-state index contributed by atoms with van der Waals surface area (Å²) in [6, 6.07) is -1.21. The summed E-state index contributed by atoms with van der Waals surface area (Å²) in [7, 11) is 1.35. The molecule has 0 radical (unpaired) electrons. The molecule has 2 aliphatic carbocycles. The number of amides is 1. The molecule has 1 aromatic heterocycles. The van der Waals surface area contributed by atoms with Crippen LogP contribution in [0, 0.1) is 5.92 Å². The first kappa shape index (κ1) is 17.4. The van der Waals surface area contributed by atoms with E-state index in [1.165, 1.54) is 12.0 Å². The number of nitrogens with one attached hydrogen (secondary N) is 1. The first-order valence-corrected chi connectivity index (χ1v) is 9.52. The molecule has 0 bridgehead atoms. The number of methoxy groups -OCH3 is 1. The summed E-state index contributed by atoms with van der Waals surface area (Å²) in [6.45, 7) is 0. The molecule has 7 heteroatoms. The van der Waals surface area contributed by atoms with Gasteiger partial charge < -0.3 is 15.8 Å². The predicted octanol–water partition coefficient (Wildman–Crippen LogP) is 1.74. The third kappa shape index (κ3) is 4.13. The Hall–Kier alpha value is -1.47. The van der Waals surface area contributed by atoms with Crippen LogP contribution in [0.15, 0.2) is 5.51 Å². The number of fused-ring (bicyclic) bond motifs is 1. The van der Waals surface area contributed by atoms with Crippen molar-refractivity contribution in [3.63, 3.8) is 0 Å². The first-order valence-electron chi connectivity index (χ1n) is 8.64. The number of carbonyl (C=O) groups excluding carboxylic acids is 2. The number of hydrogen-bond acceptors (Lipinski definition) is 6. The fourth-order valence-corrected chi connectivity index (χ4v) is 4.31. The number of rotatable bonds is 7. The van der Waals surface area contributed by atoms with Crippen LogP contribution >= 0.6 is 11.3 Å². The van der Waals surface area contributed by atoms with E-state index in [4.69, 9.17) is 10.5 Å².